The first-order valence-electron chi connectivity index (χ1n) is 14.8. The number of carbonyl (C=O) groups excluding carboxylic acids is 1. The summed E-state index contributed by atoms with van der Waals surface area (Å²) in [6.07, 6.45) is 0.655. The van der Waals surface area contributed by atoms with Gasteiger partial charge in [-0.05, 0) is 69.4 Å². The van der Waals surface area contributed by atoms with Gasteiger partial charge in [-0.2, -0.15) is 13.2 Å². The zero-order chi connectivity index (χ0) is 28.4. The normalized spacial score (nSPS) is 28.5. The third kappa shape index (κ3) is 6.54. The summed E-state index contributed by atoms with van der Waals surface area (Å²) in [5.41, 5.74) is 2.46. The number of halogens is 3. The van der Waals surface area contributed by atoms with E-state index in [0.29, 0.717) is 39.0 Å². The molecule has 1 aliphatic heterocycles. The minimum Gasteiger partial charge on any atom is -0.379 e. The maximum absolute atomic E-state index is 14.0. The zero-order valence-electron chi connectivity index (χ0n) is 23.5. The number of amides is 1. The third-order valence-corrected chi connectivity index (χ3v) is 9.34. The maximum Gasteiger partial charge on any atom is 0.391 e. The van der Waals surface area contributed by atoms with Crippen LogP contribution in [0.3, 0.4) is 0 Å². The second kappa shape index (κ2) is 12.2. The van der Waals surface area contributed by atoms with Crippen LogP contribution in [0.5, 0.6) is 0 Å². The number of hydrogen-bond donors (Lipinski definition) is 1. The van der Waals surface area contributed by atoms with Crippen molar-refractivity contribution in [3.63, 3.8) is 0 Å². The van der Waals surface area contributed by atoms with Gasteiger partial charge in [0.1, 0.15) is 0 Å². The number of pyridine rings is 2. The summed E-state index contributed by atoms with van der Waals surface area (Å²) in [5.74, 6) is -2.09. The van der Waals surface area contributed by atoms with Crippen LogP contribution in [0.1, 0.15) is 69.0 Å². The van der Waals surface area contributed by atoms with Gasteiger partial charge in [0, 0.05) is 61.0 Å². The Morgan fingerprint density at radius 3 is 2.62 bits per heavy atom. The largest absolute Gasteiger partial charge is 0.391 e. The number of nitrogens with one attached hydrogen (secondary N) is 1. The van der Waals surface area contributed by atoms with E-state index in [1.54, 1.807) is 0 Å². The number of morpholine rings is 1. The molecule has 7 nitrogen and oxygen atoms in total. The number of alkyl halides is 3. The van der Waals surface area contributed by atoms with E-state index >= 15 is 0 Å². The smallest absolute Gasteiger partial charge is 0.379 e. The molecule has 5 atom stereocenters. The van der Waals surface area contributed by atoms with Crippen molar-refractivity contribution in [2.75, 3.05) is 32.8 Å². The summed E-state index contributed by atoms with van der Waals surface area (Å²) < 4.78 is 47.3. The highest BCUT2D eigenvalue weighted by Crippen LogP contribution is 2.41. The van der Waals surface area contributed by atoms with Crippen molar-refractivity contribution in [3.05, 3.63) is 39.9 Å². The highest BCUT2D eigenvalue weighted by Gasteiger charge is 2.44. The first-order valence-corrected chi connectivity index (χ1v) is 14.8. The van der Waals surface area contributed by atoms with E-state index in [9.17, 15) is 22.8 Å². The first-order chi connectivity index (χ1) is 19.1. The standard InChI is InChI=1S/C30H41F3N4O3/c1-19-6-7-24(35-28(38)21-4-3-5-23(15-21)30(31,32)33)17-25(19)26-16-22-18-34-20(2)14-27(22)37(29(26)39)9-8-36-10-12-40-13-11-36/h14,16,18-19,21,23-25H,3-13,15,17H2,1-2H3,(H,35,38). The van der Waals surface area contributed by atoms with Crippen molar-refractivity contribution in [1.82, 2.24) is 19.8 Å². The second-order valence-corrected chi connectivity index (χ2v) is 12.1. The van der Waals surface area contributed by atoms with Crippen LogP contribution in [0.4, 0.5) is 13.2 Å². The van der Waals surface area contributed by atoms with Crippen LogP contribution >= 0.6 is 0 Å². The van der Waals surface area contributed by atoms with Gasteiger partial charge >= 0.3 is 6.18 Å². The Kier molecular flexibility index (Phi) is 8.85. The number of aromatic nitrogens is 2. The topological polar surface area (TPSA) is 76.5 Å². The van der Waals surface area contributed by atoms with Crippen LogP contribution in [0.2, 0.25) is 0 Å². The lowest BCUT2D eigenvalue weighted by atomic mass is 9.74. The molecule has 220 valence electrons. The van der Waals surface area contributed by atoms with Crippen molar-refractivity contribution < 1.29 is 22.7 Å². The lowest BCUT2D eigenvalue weighted by Gasteiger charge is -2.36. The number of nitrogens with zero attached hydrogens (tertiary/aromatic N) is 3. The van der Waals surface area contributed by atoms with Gasteiger partial charge in [0.05, 0.1) is 24.6 Å². The lowest BCUT2D eigenvalue weighted by Crippen LogP contribution is -2.45. The molecule has 1 N–H and O–H groups in total. The summed E-state index contributed by atoms with van der Waals surface area (Å²) in [7, 11) is 0. The Balaban J connectivity index is 1.35. The molecule has 2 aliphatic carbocycles. The number of ether oxygens (including phenoxy) is 1. The van der Waals surface area contributed by atoms with Gasteiger partial charge in [0.2, 0.25) is 5.91 Å². The van der Waals surface area contributed by atoms with Gasteiger partial charge in [-0.15, -0.1) is 0 Å². The van der Waals surface area contributed by atoms with E-state index in [-0.39, 0.29) is 42.2 Å². The van der Waals surface area contributed by atoms with Crippen LogP contribution in [0.25, 0.3) is 10.9 Å². The van der Waals surface area contributed by atoms with Crippen molar-refractivity contribution in [3.8, 4) is 0 Å². The van der Waals surface area contributed by atoms with Gasteiger partial charge in [-0.1, -0.05) is 13.3 Å². The number of fused-ring (bicyclic) bond motifs is 1. The Morgan fingerprint density at radius 1 is 1.10 bits per heavy atom. The van der Waals surface area contributed by atoms with Crippen LogP contribution in [-0.4, -0.2) is 65.4 Å². The first kappa shape index (κ1) is 29.0. The Bertz CT molecular complexity index is 1260. The van der Waals surface area contributed by atoms with Crippen molar-refractivity contribution in [1.29, 1.82) is 0 Å². The minimum atomic E-state index is -4.25. The van der Waals surface area contributed by atoms with E-state index in [1.165, 1.54) is 0 Å². The Morgan fingerprint density at radius 2 is 1.88 bits per heavy atom. The van der Waals surface area contributed by atoms with E-state index in [4.69, 9.17) is 4.74 Å². The van der Waals surface area contributed by atoms with Gasteiger partial charge < -0.3 is 14.6 Å². The number of hydrogen-bond acceptors (Lipinski definition) is 5. The molecule has 0 bridgehead atoms. The predicted octanol–water partition coefficient (Wildman–Crippen LogP) is 4.79. The molecular weight excluding hydrogens is 521 g/mol. The molecule has 0 aromatic carbocycles. The number of rotatable bonds is 6. The molecule has 0 radical (unpaired) electrons. The fourth-order valence-corrected chi connectivity index (χ4v) is 6.88. The van der Waals surface area contributed by atoms with Crippen LogP contribution in [0, 0.1) is 24.7 Å². The molecule has 2 aromatic heterocycles. The molecule has 2 saturated carbocycles. The quantitative estimate of drug-likeness (QED) is 0.548. The molecule has 10 heteroatoms. The third-order valence-electron chi connectivity index (χ3n) is 9.34. The van der Waals surface area contributed by atoms with Crippen molar-refractivity contribution >= 4 is 16.8 Å². The average molecular weight is 563 g/mol. The predicted molar refractivity (Wildman–Crippen MR) is 147 cm³/mol. The summed E-state index contributed by atoms with van der Waals surface area (Å²) in [6.45, 7) is 8.47. The highest BCUT2D eigenvalue weighted by atomic mass is 19.4. The molecule has 2 aromatic rings. The molecule has 1 amide bonds. The van der Waals surface area contributed by atoms with Crippen LogP contribution in [-0.2, 0) is 16.1 Å². The van der Waals surface area contributed by atoms with Crippen molar-refractivity contribution in [2.45, 2.75) is 83.5 Å². The molecule has 0 spiro atoms. The lowest BCUT2D eigenvalue weighted by molar-refractivity contribution is -0.186. The summed E-state index contributed by atoms with van der Waals surface area (Å²) in [6, 6.07) is 3.77. The molecule has 5 unspecified atom stereocenters. The monoisotopic (exact) mass is 562 g/mol. The second-order valence-electron chi connectivity index (χ2n) is 12.1. The van der Waals surface area contributed by atoms with Crippen LogP contribution < -0.4 is 10.9 Å². The van der Waals surface area contributed by atoms with E-state index in [0.717, 1.165) is 54.6 Å². The highest BCUT2D eigenvalue weighted by molar-refractivity contribution is 5.80. The minimum absolute atomic E-state index is 0.00418. The zero-order valence-corrected chi connectivity index (χ0v) is 23.5. The molecule has 5 rings (SSSR count). The van der Waals surface area contributed by atoms with Crippen LogP contribution in [0.15, 0.2) is 23.1 Å². The fourth-order valence-electron chi connectivity index (χ4n) is 6.88. The summed E-state index contributed by atoms with van der Waals surface area (Å²) >= 11 is 0. The Hall–Kier alpha value is -2.46. The van der Waals surface area contributed by atoms with E-state index < -0.39 is 18.0 Å². The molecule has 1 saturated heterocycles. The summed E-state index contributed by atoms with van der Waals surface area (Å²) in [4.78, 5) is 33.9. The Labute approximate surface area is 233 Å². The summed E-state index contributed by atoms with van der Waals surface area (Å²) in [5, 5.41) is 4.00. The van der Waals surface area contributed by atoms with Gasteiger partial charge in [-0.3, -0.25) is 19.5 Å². The number of carbonyl (C=O) groups is 1. The van der Waals surface area contributed by atoms with E-state index in [2.05, 4.69) is 22.1 Å². The maximum atomic E-state index is 14.0. The molecule has 3 fully saturated rings. The van der Waals surface area contributed by atoms with Crippen molar-refractivity contribution in [2.24, 2.45) is 17.8 Å². The molecule has 3 aliphatic rings. The SMILES string of the molecule is Cc1cc2c(cn1)cc(C1CC(NC(=O)C3CCCC(C(F)(F)F)C3)CCC1C)c(=O)n2CCN1CCOCC1. The average Bonchev–Trinajstić information content (AvgIpc) is 2.94. The van der Waals surface area contributed by atoms with Gasteiger partial charge in [0.25, 0.3) is 5.56 Å². The number of aryl methyl sites for hydroxylation is 1. The van der Waals surface area contributed by atoms with Gasteiger partial charge in [0.15, 0.2) is 0 Å². The molecular formula is C30H41F3N4O3. The molecule has 40 heavy (non-hydrogen) atoms. The van der Waals surface area contributed by atoms with Gasteiger partial charge in [-0.25, -0.2) is 0 Å². The van der Waals surface area contributed by atoms with E-state index in [1.807, 2.05) is 29.8 Å². The fraction of sp³-hybridized carbons (Fsp3) is 0.700. The molecule has 3 heterocycles.